The molecule has 0 radical (unpaired) electrons. The first kappa shape index (κ1) is 15.5. The van der Waals surface area contributed by atoms with E-state index in [1.54, 1.807) is 5.57 Å². The van der Waals surface area contributed by atoms with Gasteiger partial charge in [-0.2, -0.15) is 0 Å². The Labute approximate surface area is 139 Å². The number of ketones is 1. The van der Waals surface area contributed by atoms with E-state index in [9.17, 15) is 9.90 Å². The summed E-state index contributed by atoms with van der Waals surface area (Å²) in [7, 11) is 0. The van der Waals surface area contributed by atoms with Crippen LogP contribution in [0.25, 0.3) is 0 Å². The molecule has 1 N–H and O–H groups in total. The fourth-order valence-corrected chi connectivity index (χ4v) is 6.72. The van der Waals surface area contributed by atoms with Crippen LogP contribution in [0.1, 0.15) is 65.2 Å². The molecule has 0 spiro atoms. The summed E-state index contributed by atoms with van der Waals surface area (Å²) in [5.74, 6) is 5.60. The Bertz CT molecular complexity index is 624. The number of carbonyl (C=O) groups excluding carboxylic acids is 1. The highest BCUT2D eigenvalue weighted by molar-refractivity contribution is 5.82. The van der Waals surface area contributed by atoms with Crippen LogP contribution in [0.3, 0.4) is 0 Å². The highest BCUT2D eigenvalue weighted by Crippen LogP contribution is 2.65. The molecule has 6 atom stereocenters. The molecule has 4 aliphatic rings. The summed E-state index contributed by atoms with van der Waals surface area (Å²) < 4.78 is 0. The summed E-state index contributed by atoms with van der Waals surface area (Å²) in [5.41, 5.74) is 2.04. The molecule has 0 saturated heterocycles. The number of aliphatic hydroxyl groups is 1. The second-order valence-electron chi connectivity index (χ2n) is 8.82. The fraction of sp³-hybridized carbons (Fsp3) is 0.762. The number of rotatable bonds is 0. The smallest absolute Gasteiger partial charge is 0.137 e. The predicted molar refractivity (Wildman–Crippen MR) is 90.5 cm³/mol. The number of fused-ring (bicyclic) bond motifs is 4. The maximum atomic E-state index is 11.9. The van der Waals surface area contributed by atoms with Gasteiger partial charge in [0.25, 0.3) is 0 Å². The van der Waals surface area contributed by atoms with Crippen molar-refractivity contribution in [2.45, 2.75) is 70.8 Å². The molecule has 0 aliphatic heterocycles. The molecule has 1 unspecified atom stereocenters. The van der Waals surface area contributed by atoms with Crippen molar-refractivity contribution in [1.29, 1.82) is 0 Å². The van der Waals surface area contributed by atoms with Crippen molar-refractivity contribution in [3.63, 3.8) is 0 Å². The van der Waals surface area contributed by atoms with Crippen LogP contribution in [-0.4, -0.2) is 16.5 Å². The van der Waals surface area contributed by atoms with Crippen LogP contribution in [-0.2, 0) is 4.79 Å². The second-order valence-corrected chi connectivity index (χ2v) is 8.82. The molecular weight excluding hydrogens is 284 g/mol. The van der Waals surface area contributed by atoms with Crippen LogP contribution in [0, 0.1) is 41.4 Å². The summed E-state index contributed by atoms with van der Waals surface area (Å²) in [4.78, 5) is 11.9. The van der Waals surface area contributed by atoms with Gasteiger partial charge in [0.15, 0.2) is 0 Å². The van der Waals surface area contributed by atoms with Crippen molar-refractivity contribution in [1.82, 2.24) is 0 Å². The van der Waals surface area contributed by atoms with Gasteiger partial charge in [0.2, 0.25) is 0 Å². The van der Waals surface area contributed by atoms with E-state index in [-0.39, 0.29) is 5.41 Å². The van der Waals surface area contributed by atoms with Gasteiger partial charge in [-0.25, -0.2) is 0 Å². The van der Waals surface area contributed by atoms with E-state index in [0.717, 1.165) is 44.9 Å². The molecule has 4 aliphatic carbocycles. The summed E-state index contributed by atoms with van der Waals surface area (Å²) >= 11 is 0. The van der Waals surface area contributed by atoms with Gasteiger partial charge in [0.05, 0.1) is 0 Å². The minimum absolute atomic E-state index is 0.125. The van der Waals surface area contributed by atoms with Crippen molar-refractivity contribution in [3.8, 4) is 12.3 Å². The Hall–Kier alpha value is -1.07. The van der Waals surface area contributed by atoms with Gasteiger partial charge < -0.3 is 5.11 Å². The maximum Gasteiger partial charge on any atom is 0.137 e. The number of carbonyl (C=O) groups is 1. The first-order valence-electron chi connectivity index (χ1n) is 9.32. The lowest BCUT2D eigenvalue weighted by molar-refractivity contribution is -0.119. The average molecular weight is 312 g/mol. The predicted octanol–water partition coefficient (Wildman–Crippen LogP) is 3.88. The van der Waals surface area contributed by atoms with Crippen LogP contribution in [0.2, 0.25) is 0 Å². The normalized spacial score (nSPS) is 49.2. The molecule has 0 aromatic heterocycles. The zero-order valence-electron chi connectivity index (χ0n) is 14.4. The molecule has 4 rings (SSSR count). The molecule has 23 heavy (non-hydrogen) atoms. The van der Waals surface area contributed by atoms with Crippen LogP contribution < -0.4 is 0 Å². The molecular formula is C21H28O2. The summed E-state index contributed by atoms with van der Waals surface area (Å²) in [6.07, 6.45) is 13.2. The Morgan fingerprint density at radius 1 is 1.26 bits per heavy atom. The van der Waals surface area contributed by atoms with Gasteiger partial charge >= 0.3 is 0 Å². The van der Waals surface area contributed by atoms with E-state index in [1.165, 1.54) is 5.57 Å². The first-order chi connectivity index (χ1) is 10.9. The number of hydrogen-bond donors (Lipinski definition) is 1. The van der Waals surface area contributed by atoms with E-state index in [1.807, 2.05) is 0 Å². The monoisotopic (exact) mass is 312 g/mol. The molecule has 2 fully saturated rings. The molecule has 0 aromatic carbocycles. The molecule has 124 valence electrons. The Balaban J connectivity index is 1.72. The molecule has 0 amide bonds. The third kappa shape index (κ3) is 1.96. The van der Waals surface area contributed by atoms with Gasteiger partial charge in [-0.15, -0.1) is 6.42 Å². The van der Waals surface area contributed by atoms with Crippen LogP contribution >= 0.6 is 0 Å². The second kappa shape index (κ2) is 4.96. The van der Waals surface area contributed by atoms with E-state index in [4.69, 9.17) is 6.42 Å². The molecule has 0 heterocycles. The van der Waals surface area contributed by atoms with E-state index >= 15 is 0 Å². The van der Waals surface area contributed by atoms with Crippen LogP contribution in [0.15, 0.2) is 11.1 Å². The summed E-state index contributed by atoms with van der Waals surface area (Å²) in [6, 6.07) is 0. The van der Waals surface area contributed by atoms with E-state index < -0.39 is 5.60 Å². The van der Waals surface area contributed by atoms with Crippen LogP contribution in [0.4, 0.5) is 0 Å². The van der Waals surface area contributed by atoms with Gasteiger partial charge in [-0.1, -0.05) is 30.9 Å². The molecule has 2 saturated carbocycles. The van der Waals surface area contributed by atoms with Gasteiger partial charge in [0.1, 0.15) is 11.4 Å². The van der Waals surface area contributed by atoms with Crippen molar-refractivity contribution in [3.05, 3.63) is 11.1 Å². The first-order valence-corrected chi connectivity index (χ1v) is 9.32. The fourth-order valence-electron chi connectivity index (χ4n) is 6.72. The minimum Gasteiger partial charge on any atom is -0.377 e. The number of terminal acetylenes is 1. The SMILES string of the molecule is C#C[C@]1(O)CC[C@H]2C3[C@H](C)CC4=C(CCC(=O)C4)[C@H]3CC[C@@]21C. The quantitative estimate of drug-likeness (QED) is 0.544. The zero-order chi connectivity index (χ0) is 16.4. The lowest BCUT2D eigenvalue weighted by Gasteiger charge is -2.55. The van der Waals surface area contributed by atoms with Crippen molar-refractivity contribution in [2.24, 2.45) is 29.1 Å². The van der Waals surface area contributed by atoms with E-state index in [2.05, 4.69) is 19.8 Å². The number of hydrogen-bond acceptors (Lipinski definition) is 2. The summed E-state index contributed by atoms with van der Waals surface area (Å²) in [6.45, 7) is 4.60. The van der Waals surface area contributed by atoms with Gasteiger partial charge in [-0.3, -0.25) is 4.79 Å². The topological polar surface area (TPSA) is 37.3 Å². The number of Topliss-reactive ketones (excluding diaryl/α,β-unsaturated/α-hetero) is 1. The van der Waals surface area contributed by atoms with Crippen molar-refractivity contribution >= 4 is 5.78 Å². The van der Waals surface area contributed by atoms with Crippen molar-refractivity contribution < 1.29 is 9.90 Å². The van der Waals surface area contributed by atoms with Crippen molar-refractivity contribution in [2.75, 3.05) is 0 Å². The third-order valence-corrected chi connectivity index (χ3v) is 7.93. The van der Waals surface area contributed by atoms with Gasteiger partial charge in [0, 0.05) is 18.3 Å². The molecule has 0 bridgehead atoms. The zero-order valence-corrected chi connectivity index (χ0v) is 14.4. The molecule has 0 aromatic rings. The number of allylic oxidation sites excluding steroid dienone is 2. The highest BCUT2D eigenvalue weighted by atomic mass is 16.3. The largest absolute Gasteiger partial charge is 0.377 e. The maximum absolute atomic E-state index is 11.9. The minimum atomic E-state index is -0.917. The lowest BCUT2D eigenvalue weighted by atomic mass is 9.50. The Kier molecular flexibility index (Phi) is 3.34. The Morgan fingerprint density at radius 3 is 2.78 bits per heavy atom. The summed E-state index contributed by atoms with van der Waals surface area (Å²) in [5, 5.41) is 11.0. The van der Waals surface area contributed by atoms with E-state index in [0.29, 0.717) is 35.9 Å². The lowest BCUT2D eigenvalue weighted by Crippen LogP contribution is -2.52. The Morgan fingerprint density at radius 2 is 2.04 bits per heavy atom. The molecule has 2 heteroatoms. The third-order valence-electron chi connectivity index (χ3n) is 7.93. The van der Waals surface area contributed by atoms with Gasteiger partial charge in [-0.05, 0) is 62.2 Å². The molecule has 2 nitrogen and oxygen atoms in total. The highest BCUT2D eigenvalue weighted by Gasteiger charge is 2.62. The van der Waals surface area contributed by atoms with Crippen LogP contribution in [0.5, 0.6) is 0 Å². The standard InChI is InChI=1S/C21H28O2/c1-4-21(23)10-8-18-19-13(2)11-14-12-15(22)5-6-16(14)17(19)7-9-20(18,21)3/h1,13,17-19,23H,5-12H2,2-3H3/t13-,17-,18+,19?,20+,21+/m1/s1. The average Bonchev–Trinajstić information content (AvgIpc) is 2.79.